The standard InChI is InChI=1S/C16H23NO2/c1-12-5-3-6-14(9-12)10-13(2)17-8-4-7-15(11-17)16(18)19/h3,5-6,9,13,15H,4,7-8,10-11H2,1-2H3,(H,18,19). The number of carbonyl (C=O) groups is 1. The number of rotatable bonds is 4. The third-order valence-electron chi connectivity index (χ3n) is 4.04. The smallest absolute Gasteiger partial charge is 0.307 e. The lowest BCUT2D eigenvalue weighted by molar-refractivity contribution is -0.143. The molecule has 0 aliphatic carbocycles. The molecule has 0 saturated carbocycles. The van der Waals surface area contributed by atoms with Crippen LogP contribution in [0.2, 0.25) is 0 Å². The van der Waals surface area contributed by atoms with E-state index in [9.17, 15) is 4.79 Å². The van der Waals surface area contributed by atoms with Crippen LogP contribution in [0.15, 0.2) is 24.3 Å². The van der Waals surface area contributed by atoms with Gasteiger partial charge >= 0.3 is 5.97 Å². The lowest BCUT2D eigenvalue weighted by atomic mass is 9.95. The van der Waals surface area contributed by atoms with Gasteiger partial charge < -0.3 is 5.11 Å². The summed E-state index contributed by atoms with van der Waals surface area (Å²) < 4.78 is 0. The minimum atomic E-state index is -0.646. The summed E-state index contributed by atoms with van der Waals surface area (Å²) in [5.41, 5.74) is 2.62. The summed E-state index contributed by atoms with van der Waals surface area (Å²) in [5, 5.41) is 9.14. The Labute approximate surface area is 115 Å². The fourth-order valence-corrected chi connectivity index (χ4v) is 2.92. The largest absolute Gasteiger partial charge is 0.481 e. The van der Waals surface area contributed by atoms with E-state index in [1.54, 1.807) is 0 Å². The SMILES string of the molecule is Cc1cccc(CC(C)N2CCCC(C(=O)O)C2)c1. The van der Waals surface area contributed by atoms with Gasteiger partial charge in [-0.15, -0.1) is 0 Å². The van der Waals surface area contributed by atoms with Gasteiger partial charge in [0.1, 0.15) is 0 Å². The van der Waals surface area contributed by atoms with Gasteiger partial charge in [-0.3, -0.25) is 9.69 Å². The maximum atomic E-state index is 11.1. The molecule has 1 N–H and O–H groups in total. The molecule has 104 valence electrons. The monoisotopic (exact) mass is 261 g/mol. The molecule has 1 aliphatic rings. The van der Waals surface area contributed by atoms with Gasteiger partial charge in [-0.25, -0.2) is 0 Å². The Morgan fingerprint density at radius 2 is 2.32 bits per heavy atom. The van der Waals surface area contributed by atoms with Crippen molar-refractivity contribution in [1.29, 1.82) is 0 Å². The van der Waals surface area contributed by atoms with E-state index in [2.05, 4.69) is 43.0 Å². The quantitative estimate of drug-likeness (QED) is 0.906. The fraction of sp³-hybridized carbons (Fsp3) is 0.562. The first-order valence-corrected chi connectivity index (χ1v) is 7.08. The van der Waals surface area contributed by atoms with Crippen molar-refractivity contribution in [2.24, 2.45) is 5.92 Å². The minimum Gasteiger partial charge on any atom is -0.481 e. The topological polar surface area (TPSA) is 40.5 Å². The molecule has 2 atom stereocenters. The second-order valence-corrected chi connectivity index (χ2v) is 5.71. The molecule has 3 heteroatoms. The maximum Gasteiger partial charge on any atom is 0.307 e. The molecule has 3 nitrogen and oxygen atoms in total. The van der Waals surface area contributed by atoms with E-state index in [0.29, 0.717) is 12.6 Å². The second kappa shape index (κ2) is 6.20. The summed E-state index contributed by atoms with van der Waals surface area (Å²) in [6.07, 6.45) is 2.81. The van der Waals surface area contributed by atoms with Gasteiger partial charge in [0.25, 0.3) is 0 Å². The molecule has 1 aromatic carbocycles. The van der Waals surface area contributed by atoms with E-state index in [-0.39, 0.29) is 5.92 Å². The summed E-state index contributed by atoms with van der Waals surface area (Å²) in [6, 6.07) is 8.98. The molecule has 1 fully saturated rings. The first-order chi connectivity index (χ1) is 9.06. The van der Waals surface area contributed by atoms with Crippen molar-refractivity contribution in [2.75, 3.05) is 13.1 Å². The van der Waals surface area contributed by atoms with Crippen molar-refractivity contribution in [3.63, 3.8) is 0 Å². The lowest BCUT2D eigenvalue weighted by Gasteiger charge is -2.35. The molecule has 0 radical (unpaired) electrons. The van der Waals surface area contributed by atoms with Crippen LogP contribution in [0.5, 0.6) is 0 Å². The molecule has 2 rings (SSSR count). The third kappa shape index (κ3) is 3.80. The molecular weight excluding hydrogens is 238 g/mol. The van der Waals surface area contributed by atoms with Gasteiger partial charge in [-0.1, -0.05) is 29.8 Å². The summed E-state index contributed by atoms with van der Waals surface area (Å²) in [6.45, 7) is 6.03. The molecule has 0 bridgehead atoms. The Morgan fingerprint density at radius 3 is 3.00 bits per heavy atom. The Bertz CT molecular complexity index is 444. The van der Waals surface area contributed by atoms with Crippen LogP contribution in [0.1, 0.15) is 30.9 Å². The van der Waals surface area contributed by atoms with Crippen molar-refractivity contribution in [3.05, 3.63) is 35.4 Å². The minimum absolute atomic E-state index is 0.186. The number of likely N-dealkylation sites (tertiary alicyclic amines) is 1. The summed E-state index contributed by atoms with van der Waals surface area (Å²) in [5.74, 6) is -0.832. The van der Waals surface area contributed by atoms with Crippen molar-refractivity contribution in [3.8, 4) is 0 Å². The maximum absolute atomic E-state index is 11.1. The fourth-order valence-electron chi connectivity index (χ4n) is 2.92. The van der Waals surface area contributed by atoms with E-state index in [4.69, 9.17) is 5.11 Å². The molecule has 1 saturated heterocycles. The Morgan fingerprint density at radius 1 is 1.53 bits per heavy atom. The van der Waals surface area contributed by atoms with Gasteiger partial charge in [0.2, 0.25) is 0 Å². The molecular formula is C16H23NO2. The van der Waals surface area contributed by atoms with E-state index < -0.39 is 5.97 Å². The highest BCUT2D eigenvalue weighted by molar-refractivity contribution is 5.70. The zero-order chi connectivity index (χ0) is 13.8. The Kier molecular flexibility index (Phi) is 4.59. The molecule has 0 spiro atoms. The van der Waals surface area contributed by atoms with Crippen LogP contribution in [-0.4, -0.2) is 35.1 Å². The third-order valence-corrected chi connectivity index (χ3v) is 4.04. The zero-order valence-corrected chi connectivity index (χ0v) is 11.8. The van der Waals surface area contributed by atoms with Crippen molar-refractivity contribution in [2.45, 2.75) is 39.2 Å². The molecule has 1 aliphatic heterocycles. The van der Waals surface area contributed by atoms with Crippen LogP contribution in [0.3, 0.4) is 0 Å². The van der Waals surface area contributed by atoms with E-state index in [1.807, 2.05) is 0 Å². The number of hydrogen-bond donors (Lipinski definition) is 1. The van der Waals surface area contributed by atoms with Crippen LogP contribution in [0.4, 0.5) is 0 Å². The number of piperidine rings is 1. The lowest BCUT2D eigenvalue weighted by Crippen LogP contribution is -2.44. The number of aryl methyl sites for hydroxylation is 1. The van der Waals surface area contributed by atoms with E-state index >= 15 is 0 Å². The predicted octanol–water partition coefficient (Wildman–Crippen LogP) is 2.72. The van der Waals surface area contributed by atoms with E-state index in [1.165, 1.54) is 11.1 Å². The van der Waals surface area contributed by atoms with Gasteiger partial charge in [0.15, 0.2) is 0 Å². The molecule has 1 heterocycles. The molecule has 1 aromatic rings. The molecule has 0 aromatic heterocycles. The second-order valence-electron chi connectivity index (χ2n) is 5.71. The van der Waals surface area contributed by atoms with Gasteiger partial charge in [0.05, 0.1) is 5.92 Å². The van der Waals surface area contributed by atoms with Crippen LogP contribution in [0, 0.1) is 12.8 Å². The number of carboxylic acids is 1. The zero-order valence-electron chi connectivity index (χ0n) is 11.8. The van der Waals surface area contributed by atoms with Gasteiger partial charge in [-0.2, -0.15) is 0 Å². The van der Waals surface area contributed by atoms with E-state index in [0.717, 1.165) is 25.8 Å². The van der Waals surface area contributed by atoms with Crippen molar-refractivity contribution >= 4 is 5.97 Å². The normalized spacial score (nSPS) is 22.1. The van der Waals surface area contributed by atoms with Crippen LogP contribution >= 0.6 is 0 Å². The van der Waals surface area contributed by atoms with Gasteiger partial charge in [0, 0.05) is 12.6 Å². The van der Waals surface area contributed by atoms with Crippen molar-refractivity contribution in [1.82, 2.24) is 4.90 Å². The highest BCUT2D eigenvalue weighted by atomic mass is 16.4. The average Bonchev–Trinajstić information content (AvgIpc) is 2.39. The van der Waals surface area contributed by atoms with Crippen LogP contribution in [-0.2, 0) is 11.2 Å². The number of benzene rings is 1. The summed E-state index contributed by atoms with van der Waals surface area (Å²) in [7, 11) is 0. The summed E-state index contributed by atoms with van der Waals surface area (Å²) >= 11 is 0. The van der Waals surface area contributed by atoms with Gasteiger partial charge in [-0.05, 0) is 45.2 Å². The van der Waals surface area contributed by atoms with Crippen LogP contribution < -0.4 is 0 Å². The summed E-state index contributed by atoms with van der Waals surface area (Å²) in [4.78, 5) is 13.4. The number of carboxylic acid groups (broad SMARTS) is 1. The van der Waals surface area contributed by atoms with Crippen LogP contribution in [0.25, 0.3) is 0 Å². The molecule has 2 unspecified atom stereocenters. The highest BCUT2D eigenvalue weighted by Crippen LogP contribution is 2.20. The molecule has 0 amide bonds. The highest BCUT2D eigenvalue weighted by Gasteiger charge is 2.27. The molecule has 19 heavy (non-hydrogen) atoms. The Balaban J connectivity index is 1.95. The number of aliphatic carboxylic acids is 1. The Hall–Kier alpha value is -1.35. The first kappa shape index (κ1) is 14.1. The number of hydrogen-bond acceptors (Lipinski definition) is 2. The average molecular weight is 261 g/mol. The van der Waals surface area contributed by atoms with Crippen molar-refractivity contribution < 1.29 is 9.90 Å². The predicted molar refractivity (Wildman–Crippen MR) is 76.3 cm³/mol. The number of nitrogens with zero attached hydrogens (tertiary/aromatic N) is 1. The first-order valence-electron chi connectivity index (χ1n) is 7.08.